The van der Waals surface area contributed by atoms with Gasteiger partial charge in [-0.25, -0.2) is 4.79 Å². The lowest BCUT2D eigenvalue weighted by Crippen LogP contribution is -2.48. The molecular weight excluding hydrogens is 256 g/mol. The normalized spacial score (nSPS) is 17.6. The predicted octanol–water partition coefficient (Wildman–Crippen LogP) is 0.594. The maximum absolute atomic E-state index is 11.5. The van der Waals surface area contributed by atoms with Crippen LogP contribution in [0.4, 0.5) is 0 Å². The Bertz CT molecular complexity index is 502. The molecule has 5 heteroatoms. The first-order valence-electron chi connectivity index (χ1n) is 6.75. The summed E-state index contributed by atoms with van der Waals surface area (Å²) in [5, 5.41) is 5.82. The number of esters is 1. The van der Waals surface area contributed by atoms with Gasteiger partial charge in [-0.05, 0) is 17.5 Å². The van der Waals surface area contributed by atoms with Gasteiger partial charge in [0.15, 0.2) is 0 Å². The largest absolute Gasteiger partial charge is 0.467 e. The second-order valence-electron chi connectivity index (χ2n) is 5.03. The number of hydrogen-bond acceptors (Lipinski definition) is 4. The van der Waals surface area contributed by atoms with Crippen LogP contribution >= 0.6 is 0 Å². The number of carbonyl (C=O) groups is 2. The molecular formula is C15H20N2O3. The van der Waals surface area contributed by atoms with E-state index >= 15 is 0 Å². The Morgan fingerprint density at radius 1 is 1.40 bits per heavy atom. The Kier molecular flexibility index (Phi) is 4.74. The van der Waals surface area contributed by atoms with E-state index in [1.807, 2.05) is 12.1 Å². The Hall–Kier alpha value is -1.88. The average molecular weight is 276 g/mol. The van der Waals surface area contributed by atoms with Crippen molar-refractivity contribution in [2.24, 2.45) is 0 Å². The van der Waals surface area contributed by atoms with E-state index in [-0.39, 0.29) is 5.91 Å². The van der Waals surface area contributed by atoms with Crippen LogP contribution in [0.25, 0.3) is 0 Å². The predicted molar refractivity (Wildman–Crippen MR) is 75.4 cm³/mol. The quantitative estimate of drug-likeness (QED) is 0.746. The molecule has 0 saturated heterocycles. The summed E-state index contributed by atoms with van der Waals surface area (Å²) in [5.74, 6) is -0.181. The number of carbonyl (C=O) groups excluding carboxylic acids is 2. The molecule has 2 N–H and O–H groups in total. The van der Waals surface area contributed by atoms with Crippen molar-refractivity contribution < 1.29 is 14.3 Å². The average Bonchev–Trinajstić information content (AvgIpc) is 2.41. The summed E-state index contributed by atoms with van der Waals surface area (Å²) in [4.78, 5) is 22.6. The van der Waals surface area contributed by atoms with Gasteiger partial charge in [-0.2, -0.15) is 0 Å². The number of fused-ring (bicyclic) bond motifs is 1. The highest BCUT2D eigenvalue weighted by molar-refractivity contribution is 5.83. The van der Waals surface area contributed by atoms with Crippen molar-refractivity contribution in [3.8, 4) is 0 Å². The lowest BCUT2D eigenvalue weighted by Gasteiger charge is -2.30. The number of hydrogen-bond donors (Lipinski definition) is 2. The molecule has 0 saturated carbocycles. The molecule has 0 aromatic heterocycles. The molecule has 20 heavy (non-hydrogen) atoms. The summed E-state index contributed by atoms with van der Waals surface area (Å²) < 4.78 is 4.67. The second-order valence-corrected chi connectivity index (χ2v) is 5.03. The lowest BCUT2D eigenvalue weighted by molar-refractivity contribution is -0.144. The van der Waals surface area contributed by atoms with Crippen molar-refractivity contribution in [1.29, 1.82) is 0 Å². The van der Waals surface area contributed by atoms with E-state index in [0.29, 0.717) is 12.5 Å². The Balaban J connectivity index is 1.80. The van der Waals surface area contributed by atoms with E-state index < -0.39 is 12.0 Å². The summed E-state index contributed by atoms with van der Waals surface area (Å²) in [6.45, 7) is 2.56. The van der Waals surface area contributed by atoms with Crippen LogP contribution in [0, 0.1) is 0 Å². The first-order valence-corrected chi connectivity index (χ1v) is 6.75. The number of ether oxygens (including phenoxy) is 1. The van der Waals surface area contributed by atoms with Crippen molar-refractivity contribution in [2.75, 3.05) is 20.2 Å². The van der Waals surface area contributed by atoms with E-state index in [4.69, 9.17) is 0 Å². The zero-order valence-electron chi connectivity index (χ0n) is 11.8. The van der Waals surface area contributed by atoms with Gasteiger partial charge in [-0.1, -0.05) is 24.3 Å². The zero-order chi connectivity index (χ0) is 14.5. The molecule has 2 unspecified atom stereocenters. The highest BCUT2D eigenvalue weighted by Gasteiger charge is 2.26. The van der Waals surface area contributed by atoms with Gasteiger partial charge >= 0.3 is 5.97 Å². The number of rotatable bonds is 6. The topological polar surface area (TPSA) is 67.4 Å². The van der Waals surface area contributed by atoms with Gasteiger partial charge < -0.3 is 15.4 Å². The standard InChI is InChI=1S/C15H20N2O3/c1-10(18)17-14(15(19)20-2)9-16-8-12-7-11-5-3-4-6-13(11)12/h3-6,12,14,16H,7-9H2,1-2H3,(H,17,18). The Morgan fingerprint density at radius 3 is 2.80 bits per heavy atom. The number of methoxy groups -OCH3 is 1. The third-order valence-corrected chi connectivity index (χ3v) is 3.56. The molecule has 0 heterocycles. The van der Waals surface area contributed by atoms with Gasteiger partial charge in [0, 0.05) is 25.9 Å². The smallest absolute Gasteiger partial charge is 0.329 e. The number of benzene rings is 1. The fourth-order valence-electron chi connectivity index (χ4n) is 2.53. The minimum Gasteiger partial charge on any atom is -0.467 e. The fraction of sp³-hybridized carbons (Fsp3) is 0.467. The minimum absolute atomic E-state index is 0.240. The van der Waals surface area contributed by atoms with Crippen molar-refractivity contribution in [1.82, 2.24) is 10.6 Å². The molecule has 2 atom stereocenters. The summed E-state index contributed by atoms with van der Waals surface area (Å²) in [6, 6.07) is 7.73. The van der Waals surface area contributed by atoms with Crippen LogP contribution in [0.2, 0.25) is 0 Å². The van der Waals surface area contributed by atoms with E-state index in [1.165, 1.54) is 25.2 Å². The third kappa shape index (κ3) is 3.36. The van der Waals surface area contributed by atoms with E-state index in [2.05, 4.69) is 27.5 Å². The van der Waals surface area contributed by atoms with Crippen LogP contribution in [-0.2, 0) is 20.7 Å². The Morgan fingerprint density at radius 2 is 2.15 bits per heavy atom. The van der Waals surface area contributed by atoms with Crippen molar-refractivity contribution in [3.05, 3.63) is 35.4 Å². The van der Waals surface area contributed by atoms with Gasteiger partial charge in [0.25, 0.3) is 0 Å². The second kappa shape index (κ2) is 6.52. The molecule has 1 aliphatic carbocycles. The molecule has 1 aromatic rings. The lowest BCUT2D eigenvalue weighted by atomic mass is 9.77. The van der Waals surface area contributed by atoms with Crippen LogP contribution < -0.4 is 10.6 Å². The molecule has 108 valence electrons. The fourth-order valence-corrected chi connectivity index (χ4v) is 2.53. The molecule has 0 fully saturated rings. The molecule has 1 amide bonds. The summed E-state index contributed by atoms with van der Waals surface area (Å²) in [7, 11) is 1.32. The van der Waals surface area contributed by atoms with Crippen molar-refractivity contribution in [2.45, 2.75) is 25.3 Å². The van der Waals surface area contributed by atoms with Gasteiger partial charge in [0.1, 0.15) is 6.04 Å². The number of amides is 1. The molecule has 0 radical (unpaired) electrons. The molecule has 0 bridgehead atoms. The number of nitrogens with one attached hydrogen (secondary N) is 2. The highest BCUT2D eigenvalue weighted by Crippen LogP contribution is 2.33. The van der Waals surface area contributed by atoms with E-state index in [9.17, 15) is 9.59 Å². The van der Waals surface area contributed by atoms with Gasteiger partial charge in [0.05, 0.1) is 7.11 Å². The maximum atomic E-state index is 11.5. The van der Waals surface area contributed by atoms with Gasteiger partial charge in [-0.15, -0.1) is 0 Å². The van der Waals surface area contributed by atoms with Crippen LogP contribution in [-0.4, -0.2) is 38.1 Å². The molecule has 0 aliphatic heterocycles. The van der Waals surface area contributed by atoms with Crippen LogP contribution in [0.5, 0.6) is 0 Å². The van der Waals surface area contributed by atoms with Crippen LogP contribution in [0.15, 0.2) is 24.3 Å². The van der Waals surface area contributed by atoms with E-state index in [0.717, 1.165) is 13.0 Å². The van der Waals surface area contributed by atoms with Crippen LogP contribution in [0.3, 0.4) is 0 Å². The minimum atomic E-state index is -0.632. The van der Waals surface area contributed by atoms with Gasteiger partial charge in [-0.3, -0.25) is 4.79 Å². The van der Waals surface area contributed by atoms with Crippen molar-refractivity contribution in [3.63, 3.8) is 0 Å². The molecule has 2 rings (SSSR count). The molecule has 1 aromatic carbocycles. The molecule has 1 aliphatic rings. The summed E-state index contributed by atoms with van der Waals surface area (Å²) in [6.07, 6.45) is 1.06. The van der Waals surface area contributed by atoms with E-state index in [1.54, 1.807) is 0 Å². The van der Waals surface area contributed by atoms with Crippen molar-refractivity contribution >= 4 is 11.9 Å². The molecule has 5 nitrogen and oxygen atoms in total. The summed E-state index contributed by atoms with van der Waals surface area (Å²) in [5.41, 5.74) is 2.76. The SMILES string of the molecule is COC(=O)C(CNCC1Cc2ccccc21)NC(C)=O. The van der Waals surface area contributed by atoms with Crippen LogP contribution in [0.1, 0.15) is 24.0 Å². The van der Waals surface area contributed by atoms with Gasteiger partial charge in [0.2, 0.25) is 5.91 Å². The molecule has 0 spiro atoms. The third-order valence-electron chi connectivity index (χ3n) is 3.56. The first-order chi connectivity index (χ1) is 9.61. The Labute approximate surface area is 118 Å². The summed E-state index contributed by atoms with van der Waals surface area (Å²) >= 11 is 0. The first kappa shape index (κ1) is 14.5. The maximum Gasteiger partial charge on any atom is 0.329 e. The monoisotopic (exact) mass is 276 g/mol. The highest BCUT2D eigenvalue weighted by atomic mass is 16.5. The zero-order valence-corrected chi connectivity index (χ0v) is 11.8.